The lowest BCUT2D eigenvalue weighted by Crippen LogP contribution is -2.40. The van der Waals surface area contributed by atoms with Gasteiger partial charge in [-0.05, 0) is 34.6 Å². The molecule has 0 aromatic carbocycles. The molecule has 0 aliphatic heterocycles. The fraction of sp³-hybridized carbons (Fsp3) is 0.600. The van der Waals surface area contributed by atoms with E-state index in [0.717, 1.165) is 0 Å². The molecule has 124 valence electrons. The van der Waals surface area contributed by atoms with Gasteiger partial charge in [-0.2, -0.15) is 0 Å². The molecule has 0 radical (unpaired) electrons. The minimum Gasteiger partial charge on any atom is -0.482 e. The van der Waals surface area contributed by atoms with E-state index in [2.05, 4.69) is 5.32 Å². The zero-order valence-electron chi connectivity index (χ0n) is 13.6. The van der Waals surface area contributed by atoms with E-state index in [9.17, 15) is 9.59 Å². The Kier molecular flexibility index (Phi) is 6.67. The maximum atomic E-state index is 11.6. The molecular formula is C15H23NO5S. The average molecular weight is 329 g/mol. The van der Waals surface area contributed by atoms with E-state index in [0.29, 0.717) is 17.2 Å². The van der Waals surface area contributed by atoms with E-state index in [4.69, 9.17) is 14.2 Å². The van der Waals surface area contributed by atoms with Crippen molar-refractivity contribution in [2.24, 2.45) is 0 Å². The first-order valence-corrected chi connectivity index (χ1v) is 7.97. The third-order valence-corrected chi connectivity index (χ3v) is 3.17. The van der Waals surface area contributed by atoms with Crippen LogP contribution in [-0.4, -0.2) is 36.9 Å². The number of hydrogen-bond donors (Lipinski definition) is 1. The van der Waals surface area contributed by atoms with Crippen LogP contribution in [-0.2, 0) is 9.47 Å². The van der Waals surface area contributed by atoms with Gasteiger partial charge in [0.25, 0.3) is 0 Å². The highest BCUT2D eigenvalue weighted by atomic mass is 32.1. The number of amides is 1. The second kappa shape index (κ2) is 8.03. The maximum absolute atomic E-state index is 11.6. The first-order valence-electron chi connectivity index (χ1n) is 7.09. The lowest BCUT2D eigenvalue weighted by atomic mass is 10.2. The summed E-state index contributed by atoms with van der Waals surface area (Å²) in [5.41, 5.74) is -0.0675. The van der Waals surface area contributed by atoms with E-state index < -0.39 is 11.7 Å². The molecule has 0 aliphatic rings. The molecule has 6 nitrogen and oxygen atoms in total. The van der Waals surface area contributed by atoms with Gasteiger partial charge in [0.05, 0.1) is 18.2 Å². The van der Waals surface area contributed by atoms with E-state index in [1.165, 1.54) is 11.3 Å². The van der Waals surface area contributed by atoms with Gasteiger partial charge in [0.1, 0.15) is 12.2 Å². The molecule has 0 unspecified atom stereocenters. The highest BCUT2D eigenvalue weighted by Gasteiger charge is 2.18. The summed E-state index contributed by atoms with van der Waals surface area (Å²) in [6, 6.07) is 1.41. The number of rotatable bonds is 6. The first kappa shape index (κ1) is 18.3. The zero-order valence-corrected chi connectivity index (χ0v) is 14.4. The largest absolute Gasteiger partial charge is 0.482 e. The number of carbonyl (C=O) groups excluding carboxylic acids is 2. The Morgan fingerprint density at radius 2 is 2.05 bits per heavy atom. The predicted molar refractivity (Wildman–Crippen MR) is 84.6 cm³/mol. The summed E-state index contributed by atoms with van der Waals surface area (Å²) in [4.78, 5) is 23.1. The lowest BCUT2D eigenvalue weighted by molar-refractivity contribution is 0.0492. The van der Waals surface area contributed by atoms with Gasteiger partial charge in [-0.1, -0.05) is 0 Å². The van der Waals surface area contributed by atoms with Crippen molar-refractivity contribution in [2.75, 3.05) is 13.2 Å². The summed E-state index contributed by atoms with van der Waals surface area (Å²) in [5, 5.41) is 4.96. The summed E-state index contributed by atoms with van der Waals surface area (Å²) in [5.74, 6) is -0.367. The van der Waals surface area contributed by atoms with Gasteiger partial charge in [-0.15, -0.1) is 11.3 Å². The van der Waals surface area contributed by atoms with Crippen molar-refractivity contribution in [1.29, 1.82) is 0 Å². The zero-order chi connectivity index (χ0) is 16.8. The fourth-order valence-electron chi connectivity index (χ4n) is 1.47. The molecule has 0 fully saturated rings. The van der Waals surface area contributed by atoms with Gasteiger partial charge in [0.15, 0.2) is 5.06 Å². The normalized spacial score (nSPS) is 12.4. The summed E-state index contributed by atoms with van der Waals surface area (Å²) in [6.45, 7) is 9.59. The third-order valence-electron chi connectivity index (χ3n) is 2.33. The van der Waals surface area contributed by atoms with Crippen LogP contribution in [0, 0.1) is 0 Å². The van der Waals surface area contributed by atoms with Crippen molar-refractivity contribution in [3.05, 3.63) is 17.0 Å². The van der Waals surface area contributed by atoms with Gasteiger partial charge >= 0.3 is 12.1 Å². The molecule has 0 aliphatic carbocycles. The smallest absolute Gasteiger partial charge is 0.407 e. The molecule has 0 saturated heterocycles. The molecule has 1 heterocycles. The predicted octanol–water partition coefficient (Wildman–Crippen LogP) is 3.22. The molecule has 0 spiro atoms. The SMILES string of the molecule is CCOC(=O)c1csc(OC[C@H](C)NC(=O)OC(C)(C)C)c1. The van der Waals surface area contributed by atoms with Crippen molar-refractivity contribution in [3.8, 4) is 5.06 Å². The molecule has 1 N–H and O–H groups in total. The Balaban J connectivity index is 2.40. The van der Waals surface area contributed by atoms with E-state index in [1.54, 1.807) is 39.1 Å². The van der Waals surface area contributed by atoms with Crippen LogP contribution in [0.3, 0.4) is 0 Å². The van der Waals surface area contributed by atoms with Crippen LogP contribution in [0.2, 0.25) is 0 Å². The average Bonchev–Trinajstić information content (AvgIpc) is 2.83. The van der Waals surface area contributed by atoms with Crippen LogP contribution in [0.25, 0.3) is 0 Å². The third kappa shape index (κ3) is 6.80. The minimum absolute atomic E-state index is 0.219. The number of hydrogen-bond acceptors (Lipinski definition) is 6. The monoisotopic (exact) mass is 329 g/mol. The molecule has 1 aromatic rings. The number of ether oxygens (including phenoxy) is 3. The van der Waals surface area contributed by atoms with E-state index >= 15 is 0 Å². The molecule has 7 heteroatoms. The summed E-state index contributed by atoms with van der Waals surface area (Å²) in [7, 11) is 0. The van der Waals surface area contributed by atoms with Crippen LogP contribution in [0.4, 0.5) is 4.79 Å². The van der Waals surface area contributed by atoms with Gasteiger partial charge in [-0.3, -0.25) is 0 Å². The number of nitrogens with one attached hydrogen (secondary N) is 1. The van der Waals surface area contributed by atoms with E-state index in [1.807, 2.05) is 6.92 Å². The van der Waals surface area contributed by atoms with Crippen LogP contribution in [0.1, 0.15) is 45.0 Å². The highest BCUT2D eigenvalue weighted by Crippen LogP contribution is 2.23. The van der Waals surface area contributed by atoms with Crippen molar-refractivity contribution in [3.63, 3.8) is 0 Å². The Bertz CT molecular complexity index is 506. The van der Waals surface area contributed by atoms with Gasteiger partial charge in [0.2, 0.25) is 0 Å². The molecule has 1 rings (SSSR count). The van der Waals surface area contributed by atoms with Crippen LogP contribution in [0.15, 0.2) is 11.4 Å². The highest BCUT2D eigenvalue weighted by molar-refractivity contribution is 7.12. The lowest BCUT2D eigenvalue weighted by Gasteiger charge is -2.21. The second-order valence-electron chi connectivity index (χ2n) is 5.73. The summed E-state index contributed by atoms with van der Waals surface area (Å²) >= 11 is 1.31. The fourth-order valence-corrected chi connectivity index (χ4v) is 2.21. The molecular weight excluding hydrogens is 306 g/mol. The summed E-state index contributed by atoms with van der Waals surface area (Å²) in [6.07, 6.45) is -0.484. The van der Waals surface area contributed by atoms with Gasteiger partial charge < -0.3 is 19.5 Å². The Labute approximate surface area is 134 Å². The quantitative estimate of drug-likeness (QED) is 0.811. The minimum atomic E-state index is -0.535. The molecule has 0 saturated carbocycles. The number of alkyl carbamates (subject to hydrolysis) is 1. The number of carbonyl (C=O) groups is 2. The maximum Gasteiger partial charge on any atom is 0.407 e. The van der Waals surface area contributed by atoms with Crippen molar-refractivity contribution in [2.45, 2.75) is 46.3 Å². The second-order valence-corrected chi connectivity index (χ2v) is 6.61. The van der Waals surface area contributed by atoms with Gasteiger partial charge in [-0.25, -0.2) is 9.59 Å². The van der Waals surface area contributed by atoms with Crippen LogP contribution < -0.4 is 10.1 Å². The number of esters is 1. The van der Waals surface area contributed by atoms with Gasteiger partial charge in [0, 0.05) is 11.4 Å². The summed E-state index contributed by atoms with van der Waals surface area (Å²) < 4.78 is 15.6. The Morgan fingerprint density at radius 3 is 2.64 bits per heavy atom. The van der Waals surface area contributed by atoms with Crippen LogP contribution >= 0.6 is 11.3 Å². The Morgan fingerprint density at radius 1 is 1.36 bits per heavy atom. The first-order chi connectivity index (χ1) is 10.2. The standard InChI is InChI=1S/C15H23NO5S/c1-6-19-13(17)11-7-12(22-9-11)20-8-10(2)16-14(18)21-15(3,4)5/h7,9-10H,6,8H2,1-5H3,(H,16,18)/t10-/m0/s1. The molecule has 1 atom stereocenters. The molecule has 1 aromatic heterocycles. The van der Waals surface area contributed by atoms with Crippen molar-refractivity contribution < 1.29 is 23.8 Å². The van der Waals surface area contributed by atoms with Crippen molar-refractivity contribution >= 4 is 23.4 Å². The van der Waals surface area contributed by atoms with Crippen LogP contribution in [0.5, 0.6) is 5.06 Å². The Hall–Kier alpha value is -1.76. The number of thiophene rings is 1. The van der Waals surface area contributed by atoms with E-state index in [-0.39, 0.29) is 18.6 Å². The molecule has 0 bridgehead atoms. The van der Waals surface area contributed by atoms with Crippen molar-refractivity contribution in [1.82, 2.24) is 5.32 Å². The molecule has 1 amide bonds. The molecule has 22 heavy (non-hydrogen) atoms. The topological polar surface area (TPSA) is 73.9 Å².